The van der Waals surface area contributed by atoms with Crippen molar-refractivity contribution >= 4 is 52.1 Å². The summed E-state index contributed by atoms with van der Waals surface area (Å²) in [5, 5.41) is 16.7. The van der Waals surface area contributed by atoms with Gasteiger partial charge >= 0.3 is 0 Å². The summed E-state index contributed by atoms with van der Waals surface area (Å²) in [6.45, 7) is 3.50. The first-order valence-corrected chi connectivity index (χ1v) is 8.96. The van der Waals surface area contributed by atoms with Crippen molar-refractivity contribution in [1.29, 1.82) is 0 Å². The highest BCUT2D eigenvalue weighted by Gasteiger charge is 2.26. The van der Waals surface area contributed by atoms with Crippen LogP contribution in [0.1, 0.15) is 24.2 Å². The maximum atomic E-state index is 12.6. The topological polar surface area (TPSA) is 127 Å². The standard InChI is InChI=1S/C18H18Cl2N4O4/c1-9(2)16(23-17(25)12-5-3-10(19)7-13(12)20)18(26)22-11-4-6-14(21)15(8-11)24(27)28/h3-9,16H,21H2,1-2H3,(H,22,26)(H,23,25)/t16-/m1/s1. The van der Waals surface area contributed by atoms with Crippen molar-refractivity contribution in [2.75, 3.05) is 11.1 Å². The molecule has 1 atom stereocenters. The first-order chi connectivity index (χ1) is 13.1. The molecule has 0 aliphatic carbocycles. The van der Waals surface area contributed by atoms with Crippen LogP contribution in [-0.4, -0.2) is 22.8 Å². The predicted molar refractivity (Wildman–Crippen MR) is 109 cm³/mol. The van der Waals surface area contributed by atoms with Crippen LogP contribution >= 0.6 is 23.2 Å². The summed E-state index contributed by atoms with van der Waals surface area (Å²) in [6.07, 6.45) is 0. The number of rotatable bonds is 6. The third-order valence-electron chi connectivity index (χ3n) is 3.91. The predicted octanol–water partition coefficient (Wildman–Crippen LogP) is 3.88. The molecule has 0 spiro atoms. The quantitative estimate of drug-likeness (QED) is 0.368. The van der Waals surface area contributed by atoms with Gasteiger partial charge in [0.05, 0.1) is 15.5 Å². The Bertz CT molecular complexity index is 934. The number of nitro benzene ring substituents is 1. The summed E-state index contributed by atoms with van der Waals surface area (Å²) in [7, 11) is 0. The molecule has 0 unspecified atom stereocenters. The van der Waals surface area contributed by atoms with E-state index in [1.54, 1.807) is 13.8 Å². The number of nitro groups is 1. The third kappa shape index (κ3) is 5.11. The van der Waals surface area contributed by atoms with Gasteiger partial charge in [-0.25, -0.2) is 0 Å². The van der Waals surface area contributed by atoms with Gasteiger partial charge in [0.15, 0.2) is 0 Å². The third-order valence-corrected chi connectivity index (χ3v) is 4.45. The van der Waals surface area contributed by atoms with Crippen molar-refractivity contribution in [2.45, 2.75) is 19.9 Å². The fourth-order valence-electron chi connectivity index (χ4n) is 2.43. The number of nitrogens with zero attached hydrogens (tertiary/aromatic N) is 1. The molecule has 0 aromatic heterocycles. The zero-order valence-corrected chi connectivity index (χ0v) is 16.5. The number of hydrogen-bond donors (Lipinski definition) is 3. The molecule has 0 fully saturated rings. The van der Waals surface area contributed by atoms with E-state index in [0.29, 0.717) is 5.02 Å². The molecule has 0 bridgehead atoms. The van der Waals surface area contributed by atoms with Crippen molar-refractivity contribution in [3.63, 3.8) is 0 Å². The number of hydrogen-bond acceptors (Lipinski definition) is 5. The number of carbonyl (C=O) groups excluding carboxylic acids is 2. The number of amides is 2. The van der Waals surface area contributed by atoms with Crippen LogP contribution in [-0.2, 0) is 4.79 Å². The lowest BCUT2D eigenvalue weighted by Crippen LogP contribution is -2.47. The number of nitrogens with one attached hydrogen (secondary N) is 2. The number of anilines is 2. The van der Waals surface area contributed by atoms with E-state index in [-0.39, 0.29) is 33.6 Å². The molecule has 2 aromatic carbocycles. The van der Waals surface area contributed by atoms with E-state index in [9.17, 15) is 19.7 Å². The van der Waals surface area contributed by atoms with Crippen LogP contribution in [0.3, 0.4) is 0 Å². The highest BCUT2D eigenvalue weighted by molar-refractivity contribution is 6.36. The second-order valence-corrected chi connectivity index (χ2v) is 7.18. The highest BCUT2D eigenvalue weighted by Crippen LogP contribution is 2.25. The average molecular weight is 425 g/mol. The molecule has 2 rings (SSSR count). The molecular formula is C18H18Cl2N4O4. The van der Waals surface area contributed by atoms with Crippen molar-refractivity contribution in [3.8, 4) is 0 Å². The molecule has 0 radical (unpaired) electrons. The van der Waals surface area contributed by atoms with Crippen LogP contribution in [0.4, 0.5) is 17.1 Å². The highest BCUT2D eigenvalue weighted by atomic mass is 35.5. The van der Waals surface area contributed by atoms with Crippen LogP contribution in [0.25, 0.3) is 0 Å². The molecule has 0 aliphatic heterocycles. The lowest BCUT2D eigenvalue weighted by molar-refractivity contribution is -0.383. The lowest BCUT2D eigenvalue weighted by atomic mass is 10.0. The van der Waals surface area contributed by atoms with E-state index >= 15 is 0 Å². The Balaban J connectivity index is 2.19. The van der Waals surface area contributed by atoms with Crippen LogP contribution in [0.2, 0.25) is 10.0 Å². The van der Waals surface area contributed by atoms with E-state index in [1.807, 2.05) is 0 Å². The van der Waals surface area contributed by atoms with Gasteiger partial charge < -0.3 is 16.4 Å². The molecule has 8 nitrogen and oxygen atoms in total. The van der Waals surface area contributed by atoms with Crippen LogP contribution in [0.15, 0.2) is 36.4 Å². The Labute approximate surface area is 171 Å². The van der Waals surface area contributed by atoms with Gasteiger partial charge in [-0.15, -0.1) is 0 Å². The summed E-state index contributed by atoms with van der Waals surface area (Å²) in [6, 6.07) is 7.41. The van der Waals surface area contributed by atoms with Crippen LogP contribution in [0.5, 0.6) is 0 Å². The smallest absolute Gasteiger partial charge is 0.294 e. The Morgan fingerprint density at radius 1 is 1.14 bits per heavy atom. The normalized spacial score (nSPS) is 11.8. The molecule has 28 heavy (non-hydrogen) atoms. The first-order valence-electron chi connectivity index (χ1n) is 8.21. The Morgan fingerprint density at radius 3 is 2.39 bits per heavy atom. The average Bonchev–Trinajstić information content (AvgIpc) is 2.60. The number of halogens is 2. The van der Waals surface area contributed by atoms with Gasteiger partial charge in [-0.1, -0.05) is 37.0 Å². The molecule has 0 heterocycles. The second-order valence-electron chi connectivity index (χ2n) is 6.34. The summed E-state index contributed by atoms with van der Waals surface area (Å²) < 4.78 is 0. The van der Waals surface area contributed by atoms with Crippen LogP contribution < -0.4 is 16.4 Å². The molecule has 10 heteroatoms. The first kappa shape index (κ1) is 21.5. The Kier molecular flexibility index (Phi) is 6.82. The summed E-state index contributed by atoms with van der Waals surface area (Å²) >= 11 is 11.9. The van der Waals surface area contributed by atoms with Crippen molar-refractivity contribution in [2.24, 2.45) is 5.92 Å². The Morgan fingerprint density at radius 2 is 1.82 bits per heavy atom. The largest absolute Gasteiger partial charge is 0.393 e. The zero-order chi connectivity index (χ0) is 21.0. The van der Waals surface area contributed by atoms with Gasteiger partial charge in [0.1, 0.15) is 11.7 Å². The fourth-order valence-corrected chi connectivity index (χ4v) is 2.92. The van der Waals surface area contributed by atoms with Gasteiger partial charge in [0, 0.05) is 16.8 Å². The SMILES string of the molecule is CC(C)[C@@H](NC(=O)c1ccc(Cl)cc1Cl)C(=O)Nc1ccc(N)c([N+](=O)[O-])c1. The molecule has 148 valence electrons. The van der Waals surface area contributed by atoms with Crippen molar-refractivity contribution in [1.82, 2.24) is 5.32 Å². The minimum Gasteiger partial charge on any atom is -0.393 e. The number of benzene rings is 2. The minimum atomic E-state index is -0.907. The summed E-state index contributed by atoms with van der Waals surface area (Å²) in [5.41, 5.74) is 5.57. The molecule has 2 amide bonds. The van der Waals surface area contributed by atoms with Crippen molar-refractivity contribution < 1.29 is 14.5 Å². The van der Waals surface area contributed by atoms with Gasteiger partial charge in [-0.3, -0.25) is 19.7 Å². The maximum Gasteiger partial charge on any atom is 0.294 e. The molecule has 0 saturated carbocycles. The number of nitrogens with two attached hydrogens (primary N) is 1. The van der Waals surface area contributed by atoms with E-state index in [4.69, 9.17) is 28.9 Å². The van der Waals surface area contributed by atoms with Crippen molar-refractivity contribution in [3.05, 3.63) is 62.1 Å². The van der Waals surface area contributed by atoms with E-state index in [0.717, 1.165) is 6.07 Å². The minimum absolute atomic E-state index is 0.0194. The molecule has 2 aromatic rings. The molecule has 0 saturated heterocycles. The van der Waals surface area contributed by atoms with E-state index in [1.165, 1.54) is 30.3 Å². The van der Waals surface area contributed by atoms with Gasteiger partial charge in [-0.2, -0.15) is 0 Å². The monoisotopic (exact) mass is 424 g/mol. The fraction of sp³-hybridized carbons (Fsp3) is 0.222. The molecular weight excluding hydrogens is 407 g/mol. The number of carbonyl (C=O) groups is 2. The Hall–Kier alpha value is -2.84. The van der Waals surface area contributed by atoms with E-state index < -0.39 is 22.8 Å². The van der Waals surface area contributed by atoms with Gasteiger partial charge in [0.2, 0.25) is 5.91 Å². The number of nitrogen functional groups attached to an aromatic ring is 1. The van der Waals surface area contributed by atoms with Crippen LogP contribution in [0, 0.1) is 16.0 Å². The molecule has 4 N–H and O–H groups in total. The molecule has 0 aliphatic rings. The summed E-state index contributed by atoms with van der Waals surface area (Å²) in [5.74, 6) is -1.34. The maximum absolute atomic E-state index is 12.6. The van der Waals surface area contributed by atoms with E-state index in [2.05, 4.69) is 10.6 Å². The zero-order valence-electron chi connectivity index (χ0n) is 15.0. The second kappa shape index (κ2) is 8.90. The summed E-state index contributed by atoms with van der Waals surface area (Å²) in [4.78, 5) is 35.5. The lowest BCUT2D eigenvalue weighted by Gasteiger charge is -2.22. The van der Waals surface area contributed by atoms with Gasteiger partial charge in [0.25, 0.3) is 11.6 Å². The van der Waals surface area contributed by atoms with Gasteiger partial charge in [-0.05, 0) is 36.2 Å².